The molecule has 1 aromatic carbocycles. The maximum absolute atomic E-state index is 12.0. The highest BCUT2D eigenvalue weighted by atomic mass is 35.5. The van der Waals surface area contributed by atoms with Gasteiger partial charge in [0.25, 0.3) is 5.56 Å². The normalized spacial score (nSPS) is 11.0. The summed E-state index contributed by atoms with van der Waals surface area (Å²) >= 11 is 11.8. The van der Waals surface area contributed by atoms with Crippen LogP contribution in [0.3, 0.4) is 0 Å². The van der Waals surface area contributed by atoms with Crippen molar-refractivity contribution in [3.05, 3.63) is 55.7 Å². The van der Waals surface area contributed by atoms with E-state index in [9.17, 15) is 9.59 Å². The summed E-state index contributed by atoms with van der Waals surface area (Å²) in [4.78, 5) is 30.6. The summed E-state index contributed by atoms with van der Waals surface area (Å²) in [5.41, 5.74) is 0.740. The van der Waals surface area contributed by atoms with Gasteiger partial charge in [0, 0.05) is 6.54 Å². The minimum Gasteiger partial charge on any atom is -0.464 e. The summed E-state index contributed by atoms with van der Waals surface area (Å²) in [7, 11) is 1.24. The number of rotatable bonds is 5. The Balaban J connectivity index is 1.78. The van der Waals surface area contributed by atoms with E-state index in [0.29, 0.717) is 22.4 Å². The first-order valence-electron chi connectivity index (χ1n) is 7.20. The van der Waals surface area contributed by atoms with E-state index in [1.807, 2.05) is 6.07 Å². The van der Waals surface area contributed by atoms with Crippen molar-refractivity contribution < 1.29 is 9.53 Å². The molecule has 130 valence electrons. The van der Waals surface area contributed by atoms with Crippen LogP contribution in [0.4, 0.5) is 0 Å². The van der Waals surface area contributed by atoms with Crippen LogP contribution in [0.15, 0.2) is 23.0 Å². The first kappa shape index (κ1) is 17.4. The predicted molar refractivity (Wildman–Crippen MR) is 92.9 cm³/mol. The van der Waals surface area contributed by atoms with Crippen LogP contribution in [0.5, 0.6) is 0 Å². The molecule has 0 atom stereocenters. The molecule has 0 radical (unpaired) electrons. The second-order valence-corrected chi connectivity index (χ2v) is 5.97. The standard InChI is InChI=1S/C15H13Cl2N5O3/c1-25-15(24)13-11-12(21-22-13)14(23)20-10(19-11)6-18-5-7-2-3-8(16)9(17)4-7/h2-4,18H,5-6H2,1H3,(H,21,22)(H,19,20,23). The third-order valence-electron chi connectivity index (χ3n) is 3.46. The minimum absolute atomic E-state index is 0.0364. The molecule has 10 heteroatoms. The molecule has 3 aromatic rings. The van der Waals surface area contributed by atoms with Crippen molar-refractivity contribution in [2.24, 2.45) is 0 Å². The molecule has 0 aliphatic rings. The van der Waals surface area contributed by atoms with Crippen molar-refractivity contribution in [3.63, 3.8) is 0 Å². The average Bonchev–Trinajstić information content (AvgIpc) is 3.02. The Morgan fingerprint density at radius 3 is 2.76 bits per heavy atom. The molecular formula is C15H13Cl2N5O3. The Labute approximate surface area is 151 Å². The summed E-state index contributed by atoms with van der Waals surface area (Å²) in [5.74, 6) is -0.278. The van der Waals surface area contributed by atoms with Crippen molar-refractivity contribution in [1.82, 2.24) is 25.5 Å². The zero-order valence-electron chi connectivity index (χ0n) is 13.0. The van der Waals surface area contributed by atoms with E-state index in [4.69, 9.17) is 23.2 Å². The van der Waals surface area contributed by atoms with E-state index >= 15 is 0 Å². The fraction of sp³-hybridized carbons (Fsp3) is 0.200. The molecule has 8 nitrogen and oxygen atoms in total. The van der Waals surface area contributed by atoms with Crippen LogP contribution in [0.1, 0.15) is 21.9 Å². The number of aromatic amines is 2. The molecule has 0 saturated heterocycles. The number of hydrogen-bond donors (Lipinski definition) is 3. The maximum atomic E-state index is 12.0. The zero-order chi connectivity index (χ0) is 18.0. The lowest BCUT2D eigenvalue weighted by Crippen LogP contribution is -2.19. The smallest absolute Gasteiger partial charge is 0.358 e. The maximum Gasteiger partial charge on any atom is 0.358 e. The SMILES string of the molecule is COC(=O)c1[nH]nc2c(=O)[nH]c(CNCc3ccc(Cl)c(Cl)c3)nc12. The van der Waals surface area contributed by atoms with E-state index < -0.39 is 11.5 Å². The van der Waals surface area contributed by atoms with Gasteiger partial charge in [0.2, 0.25) is 0 Å². The highest BCUT2D eigenvalue weighted by Gasteiger charge is 2.18. The van der Waals surface area contributed by atoms with E-state index in [2.05, 4.69) is 30.2 Å². The summed E-state index contributed by atoms with van der Waals surface area (Å²) in [5, 5.41) is 10.3. The molecule has 3 N–H and O–H groups in total. The number of nitrogens with one attached hydrogen (secondary N) is 3. The topological polar surface area (TPSA) is 113 Å². The lowest BCUT2D eigenvalue weighted by atomic mass is 10.2. The summed E-state index contributed by atoms with van der Waals surface area (Å²) in [6, 6.07) is 5.30. The average molecular weight is 382 g/mol. The van der Waals surface area contributed by atoms with Crippen molar-refractivity contribution in [1.29, 1.82) is 0 Å². The first-order valence-corrected chi connectivity index (χ1v) is 7.95. The van der Waals surface area contributed by atoms with Crippen molar-refractivity contribution >= 4 is 40.2 Å². The van der Waals surface area contributed by atoms with Gasteiger partial charge in [-0.3, -0.25) is 9.89 Å². The van der Waals surface area contributed by atoms with E-state index in [0.717, 1.165) is 5.56 Å². The Kier molecular flexibility index (Phi) is 5.03. The van der Waals surface area contributed by atoms with Gasteiger partial charge < -0.3 is 15.0 Å². The fourth-order valence-corrected chi connectivity index (χ4v) is 2.58. The fourth-order valence-electron chi connectivity index (χ4n) is 2.26. The van der Waals surface area contributed by atoms with Gasteiger partial charge in [-0.15, -0.1) is 0 Å². The predicted octanol–water partition coefficient (Wildman–Crippen LogP) is 2.03. The number of hydrogen-bond acceptors (Lipinski definition) is 6. The molecule has 0 aliphatic carbocycles. The third kappa shape index (κ3) is 3.65. The van der Waals surface area contributed by atoms with Gasteiger partial charge >= 0.3 is 5.97 Å². The van der Waals surface area contributed by atoms with Crippen LogP contribution in [0.2, 0.25) is 10.0 Å². The number of methoxy groups -OCH3 is 1. The van der Waals surface area contributed by atoms with Crippen LogP contribution < -0.4 is 10.9 Å². The monoisotopic (exact) mass is 381 g/mol. The van der Waals surface area contributed by atoms with Gasteiger partial charge in [-0.05, 0) is 17.7 Å². The molecule has 25 heavy (non-hydrogen) atoms. The van der Waals surface area contributed by atoms with E-state index in [1.54, 1.807) is 12.1 Å². The highest BCUT2D eigenvalue weighted by Crippen LogP contribution is 2.22. The lowest BCUT2D eigenvalue weighted by Gasteiger charge is -2.06. The van der Waals surface area contributed by atoms with E-state index in [-0.39, 0.29) is 23.3 Å². The lowest BCUT2D eigenvalue weighted by molar-refractivity contribution is 0.0596. The van der Waals surface area contributed by atoms with Crippen LogP contribution in [-0.4, -0.2) is 33.2 Å². The Bertz CT molecular complexity index is 998. The molecule has 3 rings (SSSR count). The zero-order valence-corrected chi connectivity index (χ0v) is 14.5. The summed E-state index contributed by atoms with van der Waals surface area (Å²) in [6.45, 7) is 0.769. The van der Waals surface area contributed by atoms with Crippen LogP contribution in [0.25, 0.3) is 11.0 Å². The Hall–Kier alpha value is -2.42. The second kappa shape index (κ2) is 7.22. The quantitative estimate of drug-likeness (QED) is 0.582. The van der Waals surface area contributed by atoms with Gasteiger partial charge in [0.05, 0.1) is 23.7 Å². The van der Waals surface area contributed by atoms with Gasteiger partial charge in [-0.25, -0.2) is 9.78 Å². The highest BCUT2D eigenvalue weighted by molar-refractivity contribution is 6.42. The number of ether oxygens (including phenoxy) is 1. The van der Waals surface area contributed by atoms with Crippen molar-refractivity contribution in [2.45, 2.75) is 13.1 Å². The summed E-state index contributed by atoms with van der Waals surface area (Å²) in [6.07, 6.45) is 0. The molecular weight excluding hydrogens is 369 g/mol. The number of benzene rings is 1. The number of nitrogens with zero attached hydrogens (tertiary/aromatic N) is 2. The molecule has 2 heterocycles. The largest absolute Gasteiger partial charge is 0.464 e. The number of carbonyl (C=O) groups is 1. The van der Waals surface area contributed by atoms with Crippen LogP contribution >= 0.6 is 23.2 Å². The van der Waals surface area contributed by atoms with Crippen molar-refractivity contribution in [3.8, 4) is 0 Å². The van der Waals surface area contributed by atoms with Crippen LogP contribution in [0, 0.1) is 0 Å². The third-order valence-corrected chi connectivity index (χ3v) is 4.19. The van der Waals surface area contributed by atoms with Gasteiger partial charge in [0.1, 0.15) is 11.3 Å². The Morgan fingerprint density at radius 2 is 2.04 bits per heavy atom. The molecule has 0 spiro atoms. The minimum atomic E-state index is -0.643. The Morgan fingerprint density at radius 1 is 1.24 bits per heavy atom. The first-order chi connectivity index (χ1) is 12.0. The number of carbonyl (C=O) groups excluding carboxylic acids is 1. The number of aromatic nitrogens is 4. The number of esters is 1. The molecule has 0 unspecified atom stereocenters. The van der Waals surface area contributed by atoms with Crippen LogP contribution in [-0.2, 0) is 17.8 Å². The van der Waals surface area contributed by atoms with Gasteiger partial charge in [0.15, 0.2) is 11.2 Å². The summed E-state index contributed by atoms with van der Waals surface area (Å²) < 4.78 is 4.64. The number of halogens is 2. The molecule has 0 bridgehead atoms. The van der Waals surface area contributed by atoms with Gasteiger partial charge in [-0.2, -0.15) is 5.10 Å². The molecule has 0 saturated carbocycles. The molecule has 0 aliphatic heterocycles. The van der Waals surface area contributed by atoms with Gasteiger partial charge in [-0.1, -0.05) is 29.3 Å². The van der Waals surface area contributed by atoms with Crippen molar-refractivity contribution in [2.75, 3.05) is 7.11 Å². The molecule has 0 fully saturated rings. The molecule has 0 amide bonds. The molecule has 2 aromatic heterocycles. The second-order valence-electron chi connectivity index (χ2n) is 5.15. The van der Waals surface area contributed by atoms with E-state index in [1.165, 1.54) is 7.11 Å². The number of fused-ring (bicyclic) bond motifs is 1. The number of H-pyrrole nitrogens is 2.